The molecule has 0 bridgehead atoms. The van der Waals surface area contributed by atoms with Gasteiger partial charge in [0, 0.05) is 16.9 Å². The number of hydrogen-bond donors (Lipinski definition) is 0. The van der Waals surface area contributed by atoms with Gasteiger partial charge >= 0.3 is 0 Å². The van der Waals surface area contributed by atoms with Crippen LogP contribution in [-0.2, 0) is 10.8 Å². The smallest absolute Gasteiger partial charge is 0.0714 e. The van der Waals surface area contributed by atoms with Crippen LogP contribution in [-0.4, -0.2) is 0 Å². The molecular weight excluding hydrogens is 903 g/mol. The molecule has 0 saturated carbocycles. The summed E-state index contributed by atoms with van der Waals surface area (Å²) in [5.41, 5.74) is 24.1. The molecule has 12 aromatic carbocycles. The number of hydrogen-bond acceptors (Lipinski definition) is 1. The van der Waals surface area contributed by atoms with E-state index >= 15 is 0 Å². The SMILES string of the molecule is c1ccc(-c2ccccc2-c2cccc(N(c3ccc4c(c3)C(c3ccccc3)(c3ccccc3)c3ccccc3-4)c3ccc4c(c3)C(c3ccccc3)(c3ccccc3)c3ccccc3-4)c2-c2ccccc2)cc1. The van der Waals surface area contributed by atoms with E-state index in [0.717, 1.165) is 33.8 Å². The molecule has 14 rings (SSSR count). The Hall–Kier alpha value is -9.56. The van der Waals surface area contributed by atoms with Crippen LogP contribution in [0.3, 0.4) is 0 Å². The van der Waals surface area contributed by atoms with Crippen molar-refractivity contribution in [2.24, 2.45) is 0 Å². The van der Waals surface area contributed by atoms with Crippen LogP contribution in [0.25, 0.3) is 55.6 Å². The summed E-state index contributed by atoms with van der Waals surface area (Å²) < 4.78 is 0. The van der Waals surface area contributed by atoms with Gasteiger partial charge in [-0.25, -0.2) is 0 Å². The number of anilines is 3. The molecule has 0 unspecified atom stereocenters. The van der Waals surface area contributed by atoms with Crippen molar-refractivity contribution in [1.29, 1.82) is 0 Å². The van der Waals surface area contributed by atoms with Gasteiger partial charge in [-0.15, -0.1) is 0 Å². The molecule has 0 atom stereocenters. The predicted molar refractivity (Wildman–Crippen MR) is 312 cm³/mol. The first-order valence-corrected chi connectivity index (χ1v) is 26.1. The Morgan fingerprint density at radius 1 is 0.213 bits per heavy atom. The molecule has 0 fully saturated rings. The van der Waals surface area contributed by atoms with Crippen molar-refractivity contribution in [2.75, 3.05) is 4.90 Å². The third-order valence-electron chi connectivity index (χ3n) is 16.0. The molecule has 75 heavy (non-hydrogen) atoms. The number of fused-ring (bicyclic) bond motifs is 6. The summed E-state index contributed by atoms with van der Waals surface area (Å²) in [7, 11) is 0. The summed E-state index contributed by atoms with van der Waals surface area (Å²) in [6, 6.07) is 115. The van der Waals surface area contributed by atoms with Crippen molar-refractivity contribution in [2.45, 2.75) is 10.8 Å². The second-order valence-electron chi connectivity index (χ2n) is 19.8. The zero-order chi connectivity index (χ0) is 49.8. The van der Waals surface area contributed by atoms with E-state index in [9.17, 15) is 0 Å². The molecule has 0 saturated heterocycles. The Kier molecular flexibility index (Phi) is 10.7. The van der Waals surface area contributed by atoms with E-state index in [4.69, 9.17) is 0 Å². The van der Waals surface area contributed by atoms with Crippen LogP contribution in [0.4, 0.5) is 17.1 Å². The van der Waals surface area contributed by atoms with E-state index < -0.39 is 10.8 Å². The van der Waals surface area contributed by atoms with Crippen LogP contribution in [0.15, 0.2) is 309 Å². The lowest BCUT2D eigenvalue weighted by Crippen LogP contribution is -2.29. The molecule has 0 heterocycles. The topological polar surface area (TPSA) is 3.24 Å². The maximum atomic E-state index is 2.56. The van der Waals surface area contributed by atoms with Crippen LogP contribution >= 0.6 is 0 Å². The summed E-state index contributed by atoms with van der Waals surface area (Å²) >= 11 is 0. The Morgan fingerprint density at radius 3 is 0.987 bits per heavy atom. The predicted octanol–water partition coefficient (Wildman–Crippen LogP) is 18.9. The largest absolute Gasteiger partial charge is 0.310 e. The molecule has 0 spiro atoms. The van der Waals surface area contributed by atoms with Crippen molar-refractivity contribution in [3.63, 3.8) is 0 Å². The third-order valence-corrected chi connectivity index (χ3v) is 16.0. The zero-order valence-electron chi connectivity index (χ0n) is 41.4. The van der Waals surface area contributed by atoms with Crippen LogP contribution < -0.4 is 4.90 Å². The lowest BCUT2D eigenvalue weighted by molar-refractivity contribution is 0.767. The first kappa shape index (κ1) is 44.2. The summed E-state index contributed by atoms with van der Waals surface area (Å²) in [5, 5.41) is 0. The van der Waals surface area contributed by atoms with Crippen molar-refractivity contribution < 1.29 is 0 Å². The van der Waals surface area contributed by atoms with Crippen LogP contribution in [0.5, 0.6) is 0 Å². The minimum absolute atomic E-state index is 0.593. The molecule has 12 aromatic rings. The van der Waals surface area contributed by atoms with Crippen LogP contribution in [0.1, 0.15) is 44.5 Å². The van der Waals surface area contributed by atoms with Crippen molar-refractivity contribution in [1.82, 2.24) is 0 Å². The lowest BCUT2D eigenvalue weighted by Gasteiger charge is -2.36. The van der Waals surface area contributed by atoms with Gasteiger partial charge in [0.05, 0.1) is 16.5 Å². The highest BCUT2D eigenvalue weighted by atomic mass is 15.1. The first-order chi connectivity index (χ1) is 37.2. The highest BCUT2D eigenvalue weighted by molar-refractivity contribution is 6.01. The molecule has 2 aliphatic carbocycles. The standard InChI is InChI=1S/C74H51N/c1-7-26-52(27-8-1)60-38-19-20-39-61(60)66-42-25-45-71(72(66)53-28-9-2-10-29-53)75(58-46-48-64-62-40-21-23-43-67(62)73(69(64)50-58,54-30-11-3-12-31-54)55-32-13-4-14-33-55)59-47-49-65-63-41-22-24-44-68(63)74(70(65)51-59,56-34-15-5-16-35-56)57-36-17-6-18-37-57/h1-51H. The third kappa shape index (κ3) is 6.86. The molecule has 0 aliphatic heterocycles. The number of nitrogens with zero attached hydrogens (tertiary/aromatic N) is 1. The van der Waals surface area contributed by atoms with Gasteiger partial charge in [-0.05, 0) is 125 Å². The van der Waals surface area contributed by atoms with Gasteiger partial charge in [-0.2, -0.15) is 0 Å². The number of rotatable bonds is 10. The van der Waals surface area contributed by atoms with Gasteiger partial charge in [-0.3, -0.25) is 0 Å². The molecular formula is C74H51N. The van der Waals surface area contributed by atoms with E-state index in [2.05, 4.69) is 314 Å². The zero-order valence-corrected chi connectivity index (χ0v) is 41.4. The van der Waals surface area contributed by atoms with Crippen LogP contribution in [0, 0.1) is 0 Å². The molecule has 0 N–H and O–H groups in total. The number of benzene rings is 12. The van der Waals surface area contributed by atoms with E-state index in [0.29, 0.717) is 0 Å². The molecule has 352 valence electrons. The average Bonchev–Trinajstić information content (AvgIpc) is 4.08. The molecule has 0 radical (unpaired) electrons. The Morgan fingerprint density at radius 2 is 0.547 bits per heavy atom. The minimum atomic E-state index is -0.593. The van der Waals surface area contributed by atoms with Gasteiger partial charge < -0.3 is 4.90 Å². The molecule has 1 nitrogen and oxygen atoms in total. The first-order valence-electron chi connectivity index (χ1n) is 26.1. The van der Waals surface area contributed by atoms with Gasteiger partial charge in [0.1, 0.15) is 0 Å². The maximum Gasteiger partial charge on any atom is 0.0714 e. The van der Waals surface area contributed by atoms with E-state index in [1.165, 1.54) is 83.5 Å². The Bertz CT molecular complexity index is 3770. The molecule has 0 aromatic heterocycles. The summed E-state index contributed by atoms with van der Waals surface area (Å²) in [4.78, 5) is 2.56. The minimum Gasteiger partial charge on any atom is -0.310 e. The maximum absolute atomic E-state index is 2.56. The van der Waals surface area contributed by atoms with Gasteiger partial charge in [0.15, 0.2) is 0 Å². The summed E-state index contributed by atoms with van der Waals surface area (Å²) in [6.07, 6.45) is 0. The lowest BCUT2D eigenvalue weighted by atomic mass is 9.67. The van der Waals surface area contributed by atoms with Gasteiger partial charge in [0.2, 0.25) is 0 Å². The van der Waals surface area contributed by atoms with Gasteiger partial charge in [0.25, 0.3) is 0 Å². The van der Waals surface area contributed by atoms with E-state index in [-0.39, 0.29) is 0 Å². The average molecular weight is 954 g/mol. The quantitative estimate of drug-likeness (QED) is 0.132. The van der Waals surface area contributed by atoms with E-state index in [1.54, 1.807) is 0 Å². The normalized spacial score (nSPS) is 13.3. The van der Waals surface area contributed by atoms with Crippen LogP contribution in [0.2, 0.25) is 0 Å². The highest BCUT2D eigenvalue weighted by Gasteiger charge is 2.48. The van der Waals surface area contributed by atoms with Crippen molar-refractivity contribution in [3.8, 4) is 55.6 Å². The fourth-order valence-corrected chi connectivity index (χ4v) is 13.0. The molecule has 1 heteroatoms. The van der Waals surface area contributed by atoms with E-state index in [1.807, 2.05) is 0 Å². The Labute approximate surface area is 440 Å². The molecule has 2 aliphatic rings. The Balaban J connectivity index is 1.10. The summed E-state index contributed by atoms with van der Waals surface area (Å²) in [5.74, 6) is 0. The second-order valence-corrected chi connectivity index (χ2v) is 19.8. The summed E-state index contributed by atoms with van der Waals surface area (Å²) in [6.45, 7) is 0. The fraction of sp³-hybridized carbons (Fsp3) is 0.0270. The second kappa shape index (κ2) is 18.2. The highest BCUT2D eigenvalue weighted by Crippen LogP contribution is 2.60. The monoisotopic (exact) mass is 953 g/mol. The fourth-order valence-electron chi connectivity index (χ4n) is 13.0. The van der Waals surface area contributed by atoms with Gasteiger partial charge in [-0.1, -0.05) is 279 Å². The van der Waals surface area contributed by atoms with Crippen molar-refractivity contribution >= 4 is 17.1 Å². The molecule has 0 amide bonds. The van der Waals surface area contributed by atoms with Crippen molar-refractivity contribution in [3.05, 3.63) is 354 Å².